The Bertz CT molecular complexity index is 168. The van der Waals surface area contributed by atoms with E-state index >= 15 is 0 Å². The molecule has 5 heteroatoms. The number of carbonyl (C=O) groups is 1. The van der Waals surface area contributed by atoms with Crippen molar-refractivity contribution >= 4 is 18.3 Å². The minimum Gasteiger partial charge on any atom is -0.385 e. The number of halogens is 1. The first kappa shape index (κ1) is 17.1. The van der Waals surface area contributed by atoms with Gasteiger partial charge in [-0.3, -0.25) is 4.79 Å². The fraction of sp³-hybridized carbons (Fsp3) is 0.900. The summed E-state index contributed by atoms with van der Waals surface area (Å²) in [5.74, 6) is 0.118. The Balaban J connectivity index is 0. The SMILES string of the molecule is CNCC(C)C(=O)NC(C)CCOC.Cl. The zero-order chi connectivity index (χ0) is 11.0. The van der Waals surface area contributed by atoms with E-state index in [4.69, 9.17) is 4.74 Å². The number of nitrogens with one attached hydrogen (secondary N) is 2. The first-order valence-electron chi connectivity index (χ1n) is 5.05. The van der Waals surface area contributed by atoms with Crippen molar-refractivity contribution in [1.82, 2.24) is 10.6 Å². The summed E-state index contributed by atoms with van der Waals surface area (Å²) in [4.78, 5) is 11.5. The highest BCUT2D eigenvalue weighted by Gasteiger charge is 2.13. The van der Waals surface area contributed by atoms with Gasteiger partial charge in [-0.2, -0.15) is 0 Å². The number of amides is 1. The maximum absolute atomic E-state index is 11.5. The van der Waals surface area contributed by atoms with Crippen molar-refractivity contribution in [3.8, 4) is 0 Å². The van der Waals surface area contributed by atoms with Crippen LogP contribution >= 0.6 is 12.4 Å². The van der Waals surface area contributed by atoms with Crippen LogP contribution < -0.4 is 10.6 Å². The van der Waals surface area contributed by atoms with Crippen LogP contribution in [0.15, 0.2) is 0 Å². The van der Waals surface area contributed by atoms with Crippen molar-refractivity contribution in [1.29, 1.82) is 0 Å². The van der Waals surface area contributed by atoms with Gasteiger partial charge in [-0.25, -0.2) is 0 Å². The van der Waals surface area contributed by atoms with Gasteiger partial charge in [-0.15, -0.1) is 12.4 Å². The summed E-state index contributed by atoms with van der Waals surface area (Å²) in [6, 6.07) is 0.182. The lowest BCUT2D eigenvalue weighted by Crippen LogP contribution is -2.39. The minimum absolute atomic E-state index is 0. The molecule has 2 atom stereocenters. The number of methoxy groups -OCH3 is 1. The summed E-state index contributed by atoms with van der Waals surface area (Å²) in [5.41, 5.74) is 0. The predicted octanol–water partition coefficient (Wildman–Crippen LogP) is 0.805. The highest BCUT2D eigenvalue weighted by Crippen LogP contribution is 1.96. The van der Waals surface area contributed by atoms with Crippen LogP contribution in [0.5, 0.6) is 0 Å². The van der Waals surface area contributed by atoms with Crippen molar-refractivity contribution in [3.63, 3.8) is 0 Å². The summed E-state index contributed by atoms with van der Waals surface area (Å²) in [7, 11) is 3.51. The number of carbonyl (C=O) groups excluding carboxylic acids is 1. The predicted molar refractivity (Wildman–Crippen MR) is 64.4 cm³/mol. The van der Waals surface area contributed by atoms with E-state index in [0.29, 0.717) is 13.2 Å². The van der Waals surface area contributed by atoms with Crippen LogP contribution in [0.2, 0.25) is 0 Å². The molecule has 15 heavy (non-hydrogen) atoms. The van der Waals surface area contributed by atoms with E-state index in [-0.39, 0.29) is 30.3 Å². The van der Waals surface area contributed by atoms with E-state index in [0.717, 1.165) is 6.42 Å². The molecule has 0 saturated carbocycles. The van der Waals surface area contributed by atoms with Crippen LogP contribution in [0.3, 0.4) is 0 Å². The van der Waals surface area contributed by atoms with Crippen molar-refractivity contribution < 1.29 is 9.53 Å². The molecule has 2 N–H and O–H groups in total. The minimum atomic E-state index is 0. The molecule has 1 amide bonds. The standard InChI is InChI=1S/C10H22N2O2.ClH/c1-8(7-11-3)10(13)12-9(2)5-6-14-4;/h8-9,11H,5-7H2,1-4H3,(H,12,13);1H. The summed E-state index contributed by atoms with van der Waals surface area (Å²) < 4.78 is 4.94. The molecule has 92 valence electrons. The smallest absolute Gasteiger partial charge is 0.224 e. The molecule has 4 nitrogen and oxygen atoms in total. The van der Waals surface area contributed by atoms with Crippen molar-refractivity contribution in [2.24, 2.45) is 5.92 Å². The van der Waals surface area contributed by atoms with Crippen LogP contribution in [-0.4, -0.2) is 39.3 Å². The average Bonchev–Trinajstić information content (AvgIpc) is 2.15. The number of ether oxygens (including phenoxy) is 1. The monoisotopic (exact) mass is 238 g/mol. The maximum Gasteiger partial charge on any atom is 0.224 e. The lowest BCUT2D eigenvalue weighted by atomic mass is 10.1. The summed E-state index contributed by atoms with van der Waals surface area (Å²) in [6.07, 6.45) is 0.856. The second-order valence-electron chi connectivity index (χ2n) is 3.65. The second kappa shape index (κ2) is 10.2. The Morgan fingerprint density at radius 1 is 1.40 bits per heavy atom. The Labute approximate surface area is 98.6 Å². The number of hydrogen-bond donors (Lipinski definition) is 2. The molecule has 0 saturated heterocycles. The third-order valence-corrected chi connectivity index (χ3v) is 2.10. The van der Waals surface area contributed by atoms with Crippen LogP contribution in [0, 0.1) is 5.92 Å². The van der Waals surface area contributed by atoms with E-state index in [1.54, 1.807) is 7.11 Å². The zero-order valence-electron chi connectivity index (χ0n) is 10.0. The lowest BCUT2D eigenvalue weighted by molar-refractivity contribution is -0.125. The normalized spacial score (nSPS) is 13.9. The molecule has 0 bridgehead atoms. The van der Waals surface area contributed by atoms with Gasteiger partial charge < -0.3 is 15.4 Å². The van der Waals surface area contributed by atoms with E-state index < -0.39 is 0 Å². The average molecular weight is 239 g/mol. The quantitative estimate of drug-likeness (QED) is 0.690. The molecule has 0 aromatic rings. The molecule has 0 rings (SSSR count). The van der Waals surface area contributed by atoms with Crippen LogP contribution in [-0.2, 0) is 9.53 Å². The Hall–Kier alpha value is -0.320. The number of hydrogen-bond acceptors (Lipinski definition) is 3. The summed E-state index contributed by atoms with van der Waals surface area (Å²) in [6.45, 7) is 5.29. The van der Waals surface area contributed by atoms with Gasteiger partial charge in [0.05, 0.1) is 0 Å². The van der Waals surface area contributed by atoms with E-state index in [2.05, 4.69) is 10.6 Å². The maximum atomic E-state index is 11.5. The fourth-order valence-electron chi connectivity index (χ4n) is 1.15. The van der Waals surface area contributed by atoms with Gasteiger partial charge in [0.25, 0.3) is 0 Å². The van der Waals surface area contributed by atoms with Crippen LogP contribution in [0.4, 0.5) is 0 Å². The van der Waals surface area contributed by atoms with Gasteiger partial charge >= 0.3 is 0 Å². The van der Waals surface area contributed by atoms with E-state index in [1.807, 2.05) is 20.9 Å². The van der Waals surface area contributed by atoms with Crippen molar-refractivity contribution in [3.05, 3.63) is 0 Å². The van der Waals surface area contributed by atoms with Gasteiger partial charge in [-0.05, 0) is 20.4 Å². The third-order valence-electron chi connectivity index (χ3n) is 2.10. The van der Waals surface area contributed by atoms with Crippen molar-refractivity contribution in [2.45, 2.75) is 26.3 Å². The molecular formula is C10H23ClN2O2. The molecular weight excluding hydrogens is 216 g/mol. The molecule has 0 aromatic heterocycles. The largest absolute Gasteiger partial charge is 0.385 e. The van der Waals surface area contributed by atoms with Gasteiger partial charge in [0.2, 0.25) is 5.91 Å². The van der Waals surface area contributed by atoms with Gasteiger partial charge in [0.1, 0.15) is 0 Å². The molecule has 0 aromatic carbocycles. The summed E-state index contributed by atoms with van der Waals surface area (Å²) in [5, 5.41) is 5.92. The van der Waals surface area contributed by atoms with E-state index in [1.165, 1.54) is 0 Å². The highest BCUT2D eigenvalue weighted by atomic mass is 35.5. The van der Waals surface area contributed by atoms with Crippen LogP contribution in [0.25, 0.3) is 0 Å². The highest BCUT2D eigenvalue weighted by molar-refractivity contribution is 5.85. The molecule has 0 heterocycles. The van der Waals surface area contributed by atoms with E-state index in [9.17, 15) is 4.79 Å². The number of rotatable bonds is 7. The second-order valence-corrected chi connectivity index (χ2v) is 3.65. The fourth-order valence-corrected chi connectivity index (χ4v) is 1.15. The molecule has 0 fully saturated rings. The molecule has 0 aliphatic rings. The Morgan fingerprint density at radius 2 is 2.00 bits per heavy atom. The molecule has 0 aliphatic heterocycles. The van der Waals surface area contributed by atoms with Gasteiger partial charge in [0.15, 0.2) is 0 Å². The summed E-state index contributed by atoms with van der Waals surface area (Å²) >= 11 is 0. The first-order valence-corrected chi connectivity index (χ1v) is 5.05. The van der Waals surface area contributed by atoms with Crippen molar-refractivity contribution in [2.75, 3.05) is 27.3 Å². The lowest BCUT2D eigenvalue weighted by Gasteiger charge is -2.16. The zero-order valence-corrected chi connectivity index (χ0v) is 10.8. The van der Waals surface area contributed by atoms with Gasteiger partial charge in [0, 0.05) is 32.2 Å². The molecule has 2 unspecified atom stereocenters. The molecule has 0 aliphatic carbocycles. The Kier molecular flexibility index (Phi) is 11.6. The Morgan fingerprint density at radius 3 is 2.47 bits per heavy atom. The first-order chi connectivity index (χ1) is 6.61. The van der Waals surface area contributed by atoms with Crippen LogP contribution in [0.1, 0.15) is 20.3 Å². The molecule has 0 radical (unpaired) electrons. The topological polar surface area (TPSA) is 50.4 Å². The van der Waals surface area contributed by atoms with Gasteiger partial charge in [-0.1, -0.05) is 6.92 Å². The third kappa shape index (κ3) is 8.66. The molecule has 0 spiro atoms.